The fourth-order valence-electron chi connectivity index (χ4n) is 6.13. The lowest BCUT2D eigenvalue weighted by atomic mass is 10.0. The third-order valence-electron chi connectivity index (χ3n) is 9.12. The van der Waals surface area contributed by atoms with Crippen molar-refractivity contribution in [3.8, 4) is 0 Å². The quantitative estimate of drug-likeness (QED) is 0.0638. The Balaban J connectivity index is 3.50. The second-order valence-corrected chi connectivity index (χ2v) is 13.4. The SMILES string of the molecule is CCCCCCCCCCCCCCCCCCCC(=O)NC(CO)C(O)CCCCCCCCCCCCCCC. The van der Waals surface area contributed by atoms with Crippen LogP contribution in [-0.2, 0) is 4.79 Å². The van der Waals surface area contributed by atoms with E-state index in [2.05, 4.69) is 19.2 Å². The second kappa shape index (κ2) is 34.9. The highest BCUT2D eigenvalue weighted by Gasteiger charge is 2.19. The van der Waals surface area contributed by atoms with Gasteiger partial charge in [-0.1, -0.05) is 200 Å². The Kier molecular flexibility index (Phi) is 34.4. The summed E-state index contributed by atoms with van der Waals surface area (Å²) < 4.78 is 0. The van der Waals surface area contributed by atoms with Crippen molar-refractivity contribution in [2.75, 3.05) is 6.61 Å². The van der Waals surface area contributed by atoms with E-state index in [1.54, 1.807) is 0 Å². The predicted octanol–water partition coefficient (Wildman–Crippen LogP) is 11.3. The molecule has 2 unspecified atom stereocenters. The molecule has 4 heteroatoms. The van der Waals surface area contributed by atoms with Gasteiger partial charge in [0, 0.05) is 6.42 Å². The van der Waals surface area contributed by atoms with Gasteiger partial charge in [-0.15, -0.1) is 0 Å². The minimum Gasteiger partial charge on any atom is -0.394 e. The Morgan fingerprint density at radius 2 is 0.762 bits per heavy atom. The van der Waals surface area contributed by atoms with Crippen molar-refractivity contribution in [1.82, 2.24) is 5.32 Å². The summed E-state index contributed by atoms with van der Waals surface area (Å²) in [6, 6.07) is -0.527. The van der Waals surface area contributed by atoms with E-state index in [0.29, 0.717) is 12.8 Å². The van der Waals surface area contributed by atoms with Crippen LogP contribution in [0.25, 0.3) is 0 Å². The molecule has 0 aromatic carbocycles. The number of hydrogen-bond donors (Lipinski definition) is 3. The molecule has 0 rings (SSSR count). The summed E-state index contributed by atoms with van der Waals surface area (Å²) in [6.45, 7) is 4.36. The van der Waals surface area contributed by atoms with Crippen LogP contribution in [0.5, 0.6) is 0 Å². The molecule has 42 heavy (non-hydrogen) atoms. The van der Waals surface area contributed by atoms with E-state index >= 15 is 0 Å². The lowest BCUT2D eigenvalue weighted by Crippen LogP contribution is -2.45. The third kappa shape index (κ3) is 30.8. The van der Waals surface area contributed by atoms with E-state index in [4.69, 9.17) is 0 Å². The van der Waals surface area contributed by atoms with E-state index in [9.17, 15) is 15.0 Å². The van der Waals surface area contributed by atoms with E-state index in [0.717, 1.165) is 25.7 Å². The van der Waals surface area contributed by atoms with E-state index < -0.39 is 12.1 Å². The zero-order chi connectivity index (χ0) is 30.8. The average Bonchev–Trinajstić information content (AvgIpc) is 2.99. The first-order valence-corrected chi connectivity index (χ1v) is 19.2. The lowest BCUT2D eigenvalue weighted by molar-refractivity contribution is -0.123. The number of carbonyl (C=O) groups is 1. The Labute approximate surface area is 264 Å². The number of aliphatic hydroxyl groups excluding tert-OH is 2. The zero-order valence-corrected chi connectivity index (χ0v) is 28.8. The molecule has 0 aromatic heterocycles. The lowest BCUT2D eigenvalue weighted by Gasteiger charge is -2.22. The molecule has 0 spiro atoms. The Morgan fingerprint density at radius 3 is 1.07 bits per heavy atom. The monoisotopic (exact) mass is 596 g/mol. The number of carbonyl (C=O) groups excluding carboxylic acids is 1. The molecule has 0 radical (unpaired) electrons. The molecule has 252 valence electrons. The molecule has 4 nitrogen and oxygen atoms in total. The van der Waals surface area contributed by atoms with Gasteiger partial charge in [0.1, 0.15) is 0 Å². The van der Waals surface area contributed by atoms with Crippen molar-refractivity contribution in [2.45, 2.75) is 231 Å². The molecule has 3 N–H and O–H groups in total. The summed E-state index contributed by atoms with van der Waals surface area (Å²) in [5, 5.41) is 23.1. The van der Waals surface area contributed by atoms with Crippen molar-refractivity contribution >= 4 is 5.91 Å². The van der Waals surface area contributed by atoms with Gasteiger partial charge in [0.25, 0.3) is 0 Å². The number of aliphatic hydroxyl groups is 2. The molecule has 0 saturated heterocycles. The van der Waals surface area contributed by atoms with Gasteiger partial charge < -0.3 is 15.5 Å². The topological polar surface area (TPSA) is 69.6 Å². The van der Waals surface area contributed by atoms with Crippen molar-refractivity contribution in [2.24, 2.45) is 0 Å². The normalized spacial score (nSPS) is 13.0. The van der Waals surface area contributed by atoms with Gasteiger partial charge in [-0.2, -0.15) is 0 Å². The van der Waals surface area contributed by atoms with Crippen LogP contribution in [0.2, 0.25) is 0 Å². The van der Waals surface area contributed by atoms with Crippen LogP contribution in [0, 0.1) is 0 Å². The smallest absolute Gasteiger partial charge is 0.220 e. The maximum absolute atomic E-state index is 12.3. The minimum absolute atomic E-state index is 0.0283. The predicted molar refractivity (Wildman–Crippen MR) is 184 cm³/mol. The van der Waals surface area contributed by atoms with Crippen molar-refractivity contribution in [3.05, 3.63) is 0 Å². The van der Waals surface area contributed by atoms with Crippen molar-refractivity contribution in [3.63, 3.8) is 0 Å². The fraction of sp³-hybridized carbons (Fsp3) is 0.974. The molecule has 0 bridgehead atoms. The van der Waals surface area contributed by atoms with Crippen LogP contribution in [0.15, 0.2) is 0 Å². The molecule has 0 aliphatic heterocycles. The average molecular weight is 596 g/mol. The molecule has 0 heterocycles. The number of amides is 1. The summed E-state index contributed by atoms with van der Waals surface area (Å²) in [5.41, 5.74) is 0. The molecule has 0 aliphatic carbocycles. The molecule has 0 aliphatic rings. The fourth-order valence-corrected chi connectivity index (χ4v) is 6.13. The van der Waals surface area contributed by atoms with Crippen molar-refractivity contribution in [1.29, 1.82) is 0 Å². The summed E-state index contributed by atoms with van der Waals surface area (Å²) in [4.78, 5) is 12.3. The number of nitrogens with one attached hydrogen (secondary N) is 1. The van der Waals surface area contributed by atoms with Crippen molar-refractivity contribution < 1.29 is 15.0 Å². The van der Waals surface area contributed by atoms with Gasteiger partial charge in [-0.05, 0) is 12.8 Å². The first-order chi connectivity index (χ1) is 20.7. The van der Waals surface area contributed by atoms with Gasteiger partial charge in [-0.3, -0.25) is 4.79 Å². The zero-order valence-electron chi connectivity index (χ0n) is 28.8. The maximum Gasteiger partial charge on any atom is 0.220 e. The van der Waals surface area contributed by atoms with Crippen LogP contribution < -0.4 is 5.32 Å². The largest absolute Gasteiger partial charge is 0.394 e. The van der Waals surface area contributed by atoms with Crippen LogP contribution in [0.1, 0.15) is 219 Å². The minimum atomic E-state index is -0.651. The summed E-state index contributed by atoms with van der Waals surface area (Å²) in [6.07, 6.45) is 40.1. The van der Waals surface area contributed by atoms with Gasteiger partial charge in [0.2, 0.25) is 5.91 Å². The molecular formula is C38H77NO3. The second-order valence-electron chi connectivity index (χ2n) is 13.4. The van der Waals surface area contributed by atoms with Crippen LogP contribution in [0.3, 0.4) is 0 Å². The Bertz CT molecular complexity index is 526. The molecule has 0 saturated carbocycles. The molecule has 1 amide bonds. The van der Waals surface area contributed by atoms with Gasteiger partial charge in [0.15, 0.2) is 0 Å². The first kappa shape index (κ1) is 41.4. The van der Waals surface area contributed by atoms with E-state index in [1.165, 1.54) is 167 Å². The standard InChI is InChI=1S/C38H77NO3/c1-3-5-7-9-11-13-15-17-18-19-20-22-24-26-28-30-32-34-38(42)39-36(35-40)37(41)33-31-29-27-25-23-21-16-14-12-10-8-6-4-2/h36-37,40-41H,3-35H2,1-2H3,(H,39,42). The first-order valence-electron chi connectivity index (χ1n) is 19.2. The van der Waals surface area contributed by atoms with E-state index in [1.807, 2.05) is 0 Å². The van der Waals surface area contributed by atoms with E-state index in [-0.39, 0.29) is 12.5 Å². The molecular weight excluding hydrogens is 518 g/mol. The van der Waals surface area contributed by atoms with Crippen LogP contribution in [-0.4, -0.2) is 34.9 Å². The third-order valence-corrected chi connectivity index (χ3v) is 9.12. The molecule has 0 aromatic rings. The van der Waals surface area contributed by atoms with Crippen LogP contribution >= 0.6 is 0 Å². The van der Waals surface area contributed by atoms with Crippen LogP contribution in [0.4, 0.5) is 0 Å². The number of hydrogen-bond acceptors (Lipinski definition) is 3. The summed E-state index contributed by atoms with van der Waals surface area (Å²) in [7, 11) is 0. The highest BCUT2D eigenvalue weighted by molar-refractivity contribution is 5.76. The highest BCUT2D eigenvalue weighted by atomic mass is 16.3. The number of rotatable bonds is 35. The molecule has 2 atom stereocenters. The maximum atomic E-state index is 12.3. The molecule has 0 fully saturated rings. The Morgan fingerprint density at radius 1 is 0.476 bits per heavy atom. The van der Waals surface area contributed by atoms with Gasteiger partial charge in [-0.25, -0.2) is 0 Å². The highest BCUT2D eigenvalue weighted by Crippen LogP contribution is 2.16. The summed E-state index contributed by atoms with van der Waals surface area (Å²) >= 11 is 0. The Hall–Kier alpha value is -0.610. The number of unbranched alkanes of at least 4 members (excludes halogenated alkanes) is 28. The summed E-state index contributed by atoms with van der Waals surface area (Å²) in [5.74, 6) is -0.0283. The van der Waals surface area contributed by atoms with Gasteiger partial charge >= 0.3 is 0 Å². The van der Waals surface area contributed by atoms with Gasteiger partial charge in [0.05, 0.1) is 18.8 Å².